The highest BCUT2D eigenvalue weighted by Gasteiger charge is 2.21. The predicted molar refractivity (Wildman–Crippen MR) is 77.1 cm³/mol. The minimum atomic E-state index is 0.293. The highest BCUT2D eigenvalue weighted by molar-refractivity contribution is 5.09. The van der Waals surface area contributed by atoms with Crippen LogP contribution in [0.4, 0.5) is 0 Å². The molecule has 2 rings (SSSR count). The number of nitrogens with one attached hydrogen (secondary N) is 1. The summed E-state index contributed by atoms with van der Waals surface area (Å²) in [5.74, 6) is 0. The molecule has 1 unspecified atom stereocenters. The molecule has 19 heavy (non-hydrogen) atoms. The molecular weight excluding hydrogens is 238 g/mol. The van der Waals surface area contributed by atoms with Crippen LogP contribution < -0.4 is 5.32 Å². The number of aryl methyl sites for hydroxylation is 1. The first-order valence-corrected chi connectivity index (χ1v) is 7.14. The molecule has 0 spiro atoms. The zero-order valence-electron chi connectivity index (χ0n) is 12.2. The van der Waals surface area contributed by atoms with Crippen LogP contribution in [0, 0.1) is 6.92 Å². The van der Waals surface area contributed by atoms with Gasteiger partial charge >= 0.3 is 0 Å². The summed E-state index contributed by atoms with van der Waals surface area (Å²) in [5, 5.41) is 3.44. The van der Waals surface area contributed by atoms with Gasteiger partial charge in [0.15, 0.2) is 0 Å². The van der Waals surface area contributed by atoms with E-state index in [2.05, 4.69) is 41.2 Å². The van der Waals surface area contributed by atoms with E-state index in [9.17, 15) is 0 Å². The van der Waals surface area contributed by atoms with Crippen molar-refractivity contribution in [3.05, 3.63) is 29.6 Å². The van der Waals surface area contributed by atoms with Crippen LogP contribution >= 0.6 is 0 Å². The minimum Gasteiger partial charge on any atom is -0.374 e. The van der Waals surface area contributed by atoms with Gasteiger partial charge in [-0.2, -0.15) is 0 Å². The monoisotopic (exact) mass is 263 g/mol. The van der Waals surface area contributed by atoms with Crippen LogP contribution in [0.1, 0.15) is 25.2 Å². The lowest BCUT2D eigenvalue weighted by atomic mass is 10.2. The molecule has 0 aromatic carbocycles. The molecule has 0 bridgehead atoms. The third-order valence-electron chi connectivity index (χ3n) is 3.52. The summed E-state index contributed by atoms with van der Waals surface area (Å²) in [4.78, 5) is 6.96. The summed E-state index contributed by atoms with van der Waals surface area (Å²) in [7, 11) is 0. The van der Waals surface area contributed by atoms with Gasteiger partial charge in [-0.15, -0.1) is 0 Å². The number of aromatic nitrogens is 1. The third kappa shape index (κ3) is 4.56. The van der Waals surface area contributed by atoms with Gasteiger partial charge in [0.2, 0.25) is 0 Å². The number of hydrogen-bond donors (Lipinski definition) is 1. The smallest absolute Gasteiger partial charge is 0.0826 e. The molecule has 1 aliphatic heterocycles. The van der Waals surface area contributed by atoms with Gasteiger partial charge in [-0.05, 0) is 32.9 Å². The normalized spacial score (nSPS) is 20.9. The average Bonchev–Trinajstić information content (AvgIpc) is 2.39. The largest absolute Gasteiger partial charge is 0.374 e. The zero-order chi connectivity index (χ0) is 13.7. The Morgan fingerprint density at radius 2 is 2.32 bits per heavy atom. The maximum absolute atomic E-state index is 5.80. The number of rotatable bonds is 5. The number of morpholine rings is 1. The van der Waals surface area contributed by atoms with Crippen molar-refractivity contribution in [3.8, 4) is 0 Å². The molecule has 0 aliphatic carbocycles. The molecule has 4 nitrogen and oxygen atoms in total. The first kappa shape index (κ1) is 14.4. The van der Waals surface area contributed by atoms with E-state index >= 15 is 0 Å². The molecule has 0 radical (unpaired) electrons. The Kier molecular flexibility index (Phi) is 5.31. The molecule has 4 heteroatoms. The van der Waals surface area contributed by atoms with Gasteiger partial charge in [-0.1, -0.05) is 6.07 Å². The minimum absolute atomic E-state index is 0.293. The van der Waals surface area contributed by atoms with E-state index in [0.717, 1.165) is 44.2 Å². The lowest BCUT2D eigenvalue weighted by Gasteiger charge is -2.35. The Bertz CT molecular complexity index is 395. The Hall–Kier alpha value is -0.970. The lowest BCUT2D eigenvalue weighted by molar-refractivity contribution is -0.0372. The molecule has 1 aromatic heterocycles. The van der Waals surface area contributed by atoms with Crippen LogP contribution in [-0.4, -0.2) is 48.3 Å². The summed E-state index contributed by atoms with van der Waals surface area (Å²) in [6.45, 7) is 11.1. The van der Waals surface area contributed by atoms with Crippen molar-refractivity contribution in [2.75, 3.05) is 26.2 Å². The van der Waals surface area contributed by atoms with Gasteiger partial charge < -0.3 is 10.1 Å². The quantitative estimate of drug-likeness (QED) is 0.875. The van der Waals surface area contributed by atoms with Gasteiger partial charge in [-0.25, -0.2) is 0 Å². The third-order valence-corrected chi connectivity index (χ3v) is 3.52. The van der Waals surface area contributed by atoms with E-state index in [1.165, 1.54) is 0 Å². The fraction of sp³-hybridized carbons (Fsp3) is 0.667. The summed E-state index contributed by atoms with van der Waals surface area (Å²) < 4.78 is 5.80. The van der Waals surface area contributed by atoms with Crippen LogP contribution in [0.3, 0.4) is 0 Å². The first-order valence-electron chi connectivity index (χ1n) is 7.14. The van der Waals surface area contributed by atoms with Crippen molar-refractivity contribution in [3.63, 3.8) is 0 Å². The predicted octanol–water partition coefficient (Wildman–Crippen LogP) is 1.59. The van der Waals surface area contributed by atoms with Crippen molar-refractivity contribution in [1.29, 1.82) is 0 Å². The van der Waals surface area contributed by atoms with Crippen LogP contribution in [0.15, 0.2) is 18.2 Å². The molecule has 1 N–H and O–H groups in total. The van der Waals surface area contributed by atoms with Gasteiger partial charge in [0.25, 0.3) is 0 Å². The maximum Gasteiger partial charge on any atom is 0.0826 e. The maximum atomic E-state index is 5.80. The van der Waals surface area contributed by atoms with Gasteiger partial charge in [-0.3, -0.25) is 9.88 Å². The summed E-state index contributed by atoms with van der Waals surface area (Å²) >= 11 is 0. The molecular formula is C15H25N3O. The van der Waals surface area contributed by atoms with Gasteiger partial charge in [0.05, 0.1) is 18.4 Å². The standard InChI is InChI=1S/C15H25N3O/c1-12(2)18-7-8-19-15(11-18)10-16-9-14-6-4-5-13(3)17-14/h4-6,12,15-16H,7-11H2,1-3H3. The first-order chi connectivity index (χ1) is 9.15. The van der Waals surface area contributed by atoms with E-state index in [-0.39, 0.29) is 0 Å². The Labute approximate surface area is 116 Å². The lowest BCUT2D eigenvalue weighted by Crippen LogP contribution is -2.49. The SMILES string of the molecule is Cc1cccc(CNCC2CN(C(C)C)CCO2)n1. The Morgan fingerprint density at radius 3 is 3.05 bits per heavy atom. The van der Waals surface area contributed by atoms with E-state index in [4.69, 9.17) is 4.74 Å². The van der Waals surface area contributed by atoms with Crippen LogP contribution in [-0.2, 0) is 11.3 Å². The van der Waals surface area contributed by atoms with E-state index in [1.54, 1.807) is 0 Å². The van der Waals surface area contributed by atoms with E-state index < -0.39 is 0 Å². The van der Waals surface area contributed by atoms with E-state index in [1.807, 2.05) is 13.0 Å². The van der Waals surface area contributed by atoms with Crippen molar-refractivity contribution in [2.24, 2.45) is 0 Å². The van der Waals surface area contributed by atoms with Gasteiger partial charge in [0.1, 0.15) is 0 Å². The molecule has 1 aromatic rings. The summed E-state index contributed by atoms with van der Waals surface area (Å²) in [5.41, 5.74) is 2.16. The van der Waals surface area contributed by atoms with Gasteiger partial charge in [0, 0.05) is 37.9 Å². The van der Waals surface area contributed by atoms with Crippen molar-refractivity contribution < 1.29 is 4.74 Å². The average molecular weight is 263 g/mol. The fourth-order valence-corrected chi connectivity index (χ4v) is 2.39. The molecule has 106 valence electrons. The van der Waals surface area contributed by atoms with Crippen LogP contribution in [0.25, 0.3) is 0 Å². The second-order valence-electron chi connectivity index (χ2n) is 5.48. The molecule has 1 atom stereocenters. The fourth-order valence-electron chi connectivity index (χ4n) is 2.39. The molecule has 0 amide bonds. The van der Waals surface area contributed by atoms with Crippen molar-refractivity contribution >= 4 is 0 Å². The summed E-state index contributed by atoms with van der Waals surface area (Å²) in [6.07, 6.45) is 0.293. The van der Waals surface area contributed by atoms with Crippen molar-refractivity contribution in [1.82, 2.24) is 15.2 Å². The molecule has 1 aliphatic rings. The highest BCUT2D eigenvalue weighted by Crippen LogP contribution is 2.08. The molecule has 1 saturated heterocycles. The highest BCUT2D eigenvalue weighted by atomic mass is 16.5. The Balaban J connectivity index is 1.73. The number of hydrogen-bond acceptors (Lipinski definition) is 4. The zero-order valence-corrected chi connectivity index (χ0v) is 12.2. The number of nitrogens with zero attached hydrogens (tertiary/aromatic N) is 2. The van der Waals surface area contributed by atoms with Crippen LogP contribution in [0.2, 0.25) is 0 Å². The topological polar surface area (TPSA) is 37.4 Å². The second kappa shape index (κ2) is 6.98. The summed E-state index contributed by atoms with van der Waals surface area (Å²) in [6, 6.07) is 6.73. The molecule has 0 saturated carbocycles. The number of pyridine rings is 1. The molecule has 1 fully saturated rings. The molecule has 2 heterocycles. The van der Waals surface area contributed by atoms with Crippen molar-refractivity contribution in [2.45, 2.75) is 39.5 Å². The second-order valence-corrected chi connectivity index (χ2v) is 5.48. The van der Waals surface area contributed by atoms with E-state index in [0.29, 0.717) is 12.1 Å². The Morgan fingerprint density at radius 1 is 1.47 bits per heavy atom. The van der Waals surface area contributed by atoms with Crippen LogP contribution in [0.5, 0.6) is 0 Å². The number of ether oxygens (including phenoxy) is 1.